The number of nitrogens with zero attached hydrogens (tertiary/aromatic N) is 1. The Morgan fingerprint density at radius 2 is 2.35 bits per heavy atom. The number of nitrogens with one attached hydrogen (secondary N) is 2. The van der Waals surface area contributed by atoms with Gasteiger partial charge in [0.25, 0.3) is 5.91 Å². The highest BCUT2D eigenvalue weighted by Crippen LogP contribution is 2.13. The lowest BCUT2D eigenvalue weighted by Crippen LogP contribution is -2.16. The van der Waals surface area contributed by atoms with Crippen LogP contribution in [0.25, 0.3) is 0 Å². The topological polar surface area (TPSA) is 96.9 Å². The lowest BCUT2D eigenvalue weighted by atomic mass is 10.3. The van der Waals surface area contributed by atoms with Gasteiger partial charge < -0.3 is 15.5 Å². The highest BCUT2D eigenvalue weighted by molar-refractivity contribution is 7.80. The summed E-state index contributed by atoms with van der Waals surface area (Å²) in [6.07, 6.45) is 1.45. The summed E-state index contributed by atoms with van der Waals surface area (Å²) < 4.78 is 5.18. The number of amides is 1. The Balaban J connectivity index is 2.18. The predicted octanol–water partition coefficient (Wildman–Crippen LogP) is 1.20. The van der Waals surface area contributed by atoms with E-state index < -0.39 is 0 Å². The smallest absolute Gasteiger partial charge is 0.292 e. The summed E-state index contributed by atoms with van der Waals surface area (Å²) in [5.74, 6) is 0.844. The van der Waals surface area contributed by atoms with E-state index in [-0.39, 0.29) is 16.7 Å². The Labute approximate surface area is 102 Å². The van der Waals surface area contributed by atoms with Crippen LogP contribution in [-0.4, -0.2) is 21.1 Å². The minimum absolute atomic E-state index is 0.157. The molecule has 4 N–H and O–H groups in total. The fraction of sp³-hybridized carbons (Fsp3) is 0.100. The van der Waals surface area contributed by atoms with Gasteiger partial charge in [0.15, 0.2) is 5.76 Å². The summed E-state index contributed by atoms with van der Waals surface area (Å²) >= 11 is 4.82. The molecule has 0 unspecified atom stereocenters. The summed E-state index contributed by atoms with van der Waals surface area (Å²) in [5, 5.41) is 8.94. The number of thiocarbonyl (C=S) groups is 1. The Kier molecular flexibility index (Phi) is 2.92. The Morgan fingerprint density at radius 3 is 2.94 bits per heavy atom. The van der Waals surface area contributed by atoms with E-state index in [1.54, 1.807) is 19.1 Å². The van der Waals surface area contributed by atoms with Crippen molar-refractivity contribution in [3.8, 4) is 0 Å². The maximum Gasteiger partial charge on any atom is 0.292 e. The maximum atomic E-state index is 11.8. The molecule has 2 heterocycles. The monoisotopic (exact) mass is 250 g/mol. The molecule has 2 aromatic rings. The zero-order valence-corrected chi connectivity index (χ0v) is 9.80. The molecule has 0 aliphatic heterocycles. The van der Waals surface area contributed by atoms with Crippen molar-refractivity contribution in [3.05, 3.63) is 35.4 Å². The van der Waals surface area contributed by atoms with Gasteiger partial charge in [-0.1, -0.05) is 12.2 Å². The van der Waals surface area contributed by atoms with Crippen molar-refractivity contribution in [2.24, 2.45) is 5.73 Å². The van der Waals surface area contributed by atoms with Gasteiger partial charge >= 0.3 is 0 Å². The summed E-state index contributed by atoms with van der Waals surface area (Å²) in [4.78, 5) is 11.9. The molecule has 0 atom stereocenters. The largest absolute Gasteiger partial charge is 0.456 e. The first kappa shape index (κ1) is 11.3. The van der Waals surface area contributed by atoms with Crippen molar-refractivity contribution in [3.63, 3.8) is 0 Å². The number of aromatic amines is 1. The van der Waals surface area contributed by atoms with E-state index in [1.165, 1.54) is 6.20 Å². The summed E-state index contributed by atoms with van der Waals surface area (Å²) in [6, 6.07) is 3.29. The second-order valence-corrected chi connectivity index (χ2v) is 3.83. The molecular formula is C10H10N4O2S. The molecule has 0 aromatic carbocycles. The molecule has 88 valence electrons. The molecule has 2 aromatic heterocycles. The molecule has 0 saturated carbocycles. The van der Waals surface area contributed by atoms with Crippen LogP contribution in [0, 0.1) is 6.92 Å². The van der Waals surface area contributed by atoms with Crippen LogP contribution in [0.5, 0.6) is 0 Å². The first-order valence-electron chi connectivity index (χ1n) is 4.79. The molecule has 0 bridgehead atoms. The molecule has 0 radical (unpaired) electrons. The van der Waals surface area contributed by atoms with Crippen LogP contribution >= 0.6 is 12.2 Å². The van der Waals surface area contributed by atoms with E-state index >= 15 is 0 Å². The third-order valence-corrected chi connectivity index (χ3v) is 2.33. The molecule has 6 nitrogen and oxygen atoms in total. The second kappa shape index (κ2) is 4.38. The number of H-pyrrole nitrogens is 1. The molecule has 0 aliphatic rings. The lowest BCUT2D eigenvalue weighted by molar-refractivity contribution is 0.0995. The average Bonchev–Trinajstić information content (AvgIpc) is 2.86. The molecule has 0 aliphatic carbocycles. The number of hydrogen-bond donors (Lipinski definition) is 3. The minimum Gasteiger partial charge on any atom is -0.456 e. The summed E-state index contributed by atoms with van der Waals surface area (Å²) in [5.41, 5.74) is 5.96. The van der Waals surface area contributed by atoms with Crippen LogP contribution < -0.4 is 11.1 Å². The minimum atomic E-state index is -0.389. The number of carbonyl (C=O) groups excluding carboxylic acids is 1. The molecule has 7 heteroatoms. The van der Waals surface area contributed by atoms with Crippen molar-refractivity contribution in [2.45, 2.75) is 6.92 Å². The van der Waals surface area contributed by atoms with Crippen molar-refractivity contribution in [2.75, 3.05) is 5.32 Å². The van der Waals surface area contributed by atoms with Gasteiger partial charge in [0.2, 0.25) is 0 Å². The molecule has 1 amide bonds. The van der Waals surface area contributed by atoms with Crippen LogP contribution in [0.3, 0.4) is 0 Å². The number of furan rings is 1. The highest BCUT2D eigenvalue weighted by Gasteiger charge is 2.14. The Hall–Kier alpha value is -2.15. The third kappa shape index (κ3) is 2.34. The zero-order valence-electron chi connectivity index (χ0n) is 8.98. The van der Waals surface area contributed by atoms with Crippen LogP contribution in [0.15, 0.2) is 22.7 Å². The van der Waals surface area contributed by atoms with Crippen molar-refractivity contribution < 1.29 is 9.21 Å². The van der Waals surface area contributed by atoms with Crippen LogP contribution in [0.4, 0.5) is 5.82 Å². The van der Waals surface area contributed by atoms with Gasteiger partial charge in [-0.15, -0.1) is 0 Å². The molecule has 2 rings (SSSR count). The molecular weight excluding hydrogens is 240 g/mol. The first-order valence-corrected chi connectivity index (χ1v) is 5.19. The van der Waals surface area contributed by atoms with E-state index in [2.05, 4.69) is 15.5 Å². The number of aromatic nitrogens is 2. The molecule has 0 spiro atoms. The summed E-state index contributed by atoms with van der Waals surface area (Å²) in [6.45, 7) is 1.76. The van der Waals surface area contributed by atoms with Crippen molar-refractivity contribution >= 4 is 28.9 Å². The lowest BCUT2D eigenvalue weighted by Gasteiger charge is -2.02. The van der Waals surface area contributed by atoms with E-state index in [9.17, 15) is 4.79 Å². The zero-order chi connectivity index (χ0) is 12.4. The van der Waals surface area contributed by atoms with Crippen LogP contribution in [-0.2, 0) is 0 Å². The average molecular weight is 250 g/mol. The quantitative estimate of drug-likeness (QED) is 0.711. The standard InChI is InChI=1S/C10H10N4O2S/c1-5-2-3-7(16-5)10(15)13-9-6(8(11)17)4-12-14-9/h2-4H,1H3,(H2,11,17)(H2,12,13,14,15). The Bertz CT molecular complexity index is 572. The highest BCUT2D eigenvalue weighted by atomic mass is 32.1. The number of aryl methyl sites for hydroxylation is 1. The van der Waals surface area contributed by atoms with Crippen LogP contribution in [0.2, 0.25) is 0 Å². The third-order valence-electron chi connectivity index (χ3n) is 2.11. The van der Waals surface area contributed by atoms with Gasteiger partial charge in [-0.2, -0.15) is 5.10 Å². The molecule has 0 fully saturated rings. The van der Waals surface area contributed by atoms with Gasteiger partial charge in [0, 0.05) is 0 Å². The van der Waals surface area contributed by atoms with E-state index in [0.29, 0.717) is 17.1 Å². The number of anilines is 1. The van der Waals surface area contributed by atoms with E-state index in [0.717, 1.165) is 0 Å². The summed E-state index contributed by atoms with van der Waals surface area (Å²) in [7, 11) is 0. The first-order chi connectivity index (χ1) is 8.08. The second-order valence-electron chi connectivity index (χ2n) is 3.39. The normalized spacial score (nSPS) is 10.2. The number of nitrogens with two attached hydrogens (primary N) is 1. The number of rotatable bonds is 3. The predicted molar refractivity (Wildman–Crippen MR) is 65.9 cm³/mol. The van der Waals surface area contributed by atoms with Gasteiger partial charge in [-0.3, -0.25) is 9.89 Å². The number of hydrogen-bond acceptors (Lipinski definition) is 4. The van der Waals surface area contributed by atoms with E-state index in [1.807, 2.05) is 0 Å². The SMILES string of the molecule is Cc1ccc(C(=O)Nc2[nH]ncc2C(N)=S)o1. The fourth-order valence-electron chi connectivity index (χ4n) is 1.30. The van der Waals surface area contributed by atoms with Crippen molar-refractivity contribution in [1.29, 1.82) is 0 Å². The fourth-order valence-corrected chi connectivity index (χ4v) is 1.45. The molecule has 17 heavy (non-hydrogen) atoms. The van der Waals surface area contributed by atoms with Gasteiger partial charge in [-0.25, -0.2) is 0 Å². The van der Waals surface area contributed by atoms with Gasteiger partial charge in [-0.05, 0) is 19.1 Å². The van der Waals surface area contributed by atoms with E-state index in [4.69, 9.17) is 22.4 Å². The van der Waals surface area contributed by atoms with Crippen LogP contribution in [0.1, 0.15) is 21.9 Å². The Morgan fingerprint density at radius 1 is 1.59 bits per heavy atom. The number of carbonyl (C=O) groups is 1. The van der Waals surface area contributed by atoms with Crippen molar-refractivity contribution in [1.82, 2.24) is 10.2 Å². The molecule has 0 saturated heterocycles. The van der Waals surface area contributed by atoms with Gasteiger partial charge in [0.1, 0.15) is 16.6 Å². The maximum absolute atomic E-state index is 11.8. The van der Waals surface area contributed by atoms with Gasteiger partial charge in [0.05, 0.1) is 11.8 Å².